The summed E-state index contributed by atoms with van der Waals surface area (Å²) in [4.78, 5) is 40.4. The molecule has 2 aromatic rings. The molecular weight excluding hydrogens is 500 g/mol. The van der Waals surface area contributed by atoms with Crippen molar-refractivity contribution >= 4 is 61.0 Å². The molecule has 0 aromatic heterocycles. The minimum Gasteiger partial charge on any atom is -0.322 e. The van der Waals surface area contributed by atoms with E-state index in [2.05, 4.69) is 37.2 Å². The summed E-state index contributed by atoms with van der Waals surface area (Å²) in [5.74, 6) is -0.575. The molecule has 2 saturated carbocycles. The number of alkyl halides is 2. The van der Waals surface area contributed by atoms with Crippen LogP contribution < -0.4 is 10.2 Å². The first-order valence-electron chi connectivity index (χ1n) is 9.60. The molecule has 148 valence electrons. The van der Waals surface area contributed by atoms with Gasteiger partial charge >= 0.3 is 0 Å². The van der Waals surface area contributed by atoms with Crippen LogP contribution in [0.5, 0.6) is 0 Å². The molecule has 0 unspecified atom stereocenters. The molecule has 7 heteroatoms. The van der Waals surface area contributed by atoms with Crippen molar-refractivity contribution in [2.75, 3.05) is 10.2 Å². The molecule has 0 radical (unpaired) electrons. The third-order valence-corrected chi connectivity index (χ3v) is 9.61. The molecule has 2 bridgehead atoms. The number of fused-ring (bicyclic) bond motifs is 5. The third-order valence-electron chi connectivity index (χ3n) is 6.41. The first-order chi connectivity index (χ1) is 14.0. The summed E-state index contributed by atoms with van der Waals surface area (Å²) in [5.41, 5.74) is 1.71. The SMILES string of the molecule is O=C(Nc1ccccc1)c1ccc(N2C(=O)[C@@H]3[C@H]4C[C@@H]([C@H](Br)[C@H]4Br)[C@H]3C2=O)cc1. The van der Waals surface area contributed by atoms with Crippen LogP contribution >= 0.6 is 31.9 Å². The van der Waals surface area contributed by atoms with Crippen molar-refractivity contribution < 1.29 is 14.4 Å². The molecule has 1 saturated heterocycles. The smallest absolute Gasteiger partial charge is 0.255 e. The number of amides is 3. The fourth-order valence-corrected chi connectivity index (χ4v) is 6.96. The quantitative estimate of drug-likeness (QED) is 0.489. The Bertz CT molecular complexity index is 963. The number of para-hydroxylation sites is 1. The lowest BCUT2D eigenvalue weighted by Gasteiger charge is -2.28. The molecule has 6 atom stereocenters. The highest BCUT2D eigenvalue weighted by Crippen LogP contribution is 2.60. The van der Waals surface area contributed by atoms with Gasteiger partial charge < -0.3 is 5.32 Å². The highest BCUT2D eigenvalue weighted by molar-refractivity contribution is 9.12. The topological polar surface area (TPSA) is 66.5 Å². The second-order valence-corrected chi connectivity index (χ2v) is 10.00. The minimum absolute atomic E-state index is 0.113. The average molecular weight is 518 g/mol. The van der Waals surface area contributed by atoms with Gasteiger partial charge in [-0.25, -0.2) is 0 Å². The predicted molar refractivity (Wildman–Crippen MR) is 117 cm³/mol. The van der Waals surface area contributed by atoms with Crippen LogP contribution in [0.4, 0.5) is 11.4 Å². The summed E-state index contributed by atoms with van der Waals surface area (Å²) in [6, 6.07) is 15.9. The fourth-order valence-electron chi connectivity index (χ4n) is 5.09. The summed E-state index contributed by atoms with van der Waals surface area (Å²) >= 11 is 7.40. The lowest BCUT2D eigenvalue weighted by atomic mass is 9.81. The van der Waals surface area contributed by atoms with E-state index in [9.17, 15) is 14.4 Å². The van der Waals surface area contributed by atoms with Crippen LogP contribution in [0.1, 0.15) is 16.8 Å². The van der Waals surface area contributed by atoms with Crippen molar-refractivity contribution in [3.05, 3.63) is 60.2 Å². The van der Waals surface area contributed by atoms with Gasteiger partial charge in [-0.1, -0.05) is 50.1 Å². The summed E-state index contributed by atoms with van der Waals surface area (Å²) in [5, 5.41) is 2.83. The summed E-state index contributed by atoms with van der Waals surface area (Å²) in [6.45, 7) is 0. The highest BCUT2D eigenvalue weighted by atomic mass is 79.9. The van der Waals surface area contributed by atoms with Gasteiger partial charge in [0.2, 0.25) is 11.8 Å². The second-order valence-electron chi connectivity index (χ2n) is 7.88. The highest BCUT2D eigenvalue weighted by Gasteiger charge is 2.66. The molecule has 3 amide bonds. The minimum atomic E-state index is -0.244. The number of carbonyl (C=O) groups excluding carboxylic acids is 3. The largest absolute Gasteiger partial charge is 0.322 e. The van der Waals surface area contributed by atoms with Crippen LogP contribution in [0.25, 0.3) is 0 Å². The molecule has 3 aliphatic rings. The van der Waals surface area contributed by atoms with Crippen LogP contribution in [0.2, 0.25) is 0 Å². The normalized spacial score (nSPS) is 32.6. The zero-order valence-corrected chi connectivity index (χ0v) is 18.5. The number of nitrogens with one attached hydrogen (secondary N) is 1. The molecule has 3 fully saturated rings. The molecule has 1 aliphatic heterocycles. The molecule has 0 spiro atoms. The average Bonchev–Trinajstić information content (AvgIpc) is 3.34. The maximum atomic E-state index is 13.1. The Hall–Kier alpha value is -1.99. The van der Waals surface area contributed by atoms with Crippen molar-refractivity contribution in [3.8, 4) is 0 Å². The number of benzene rings is 2. The number of hydrogen-bond acceptors (Lipinski definition) is 3. The van der Waals surface area contributed by atoms with Gasteiger partial charge in [0.1, 0.15) is 0 Å². The number of halogens is 2. The van der Waals surface area contributed by atoms with Gasteiger partial charge in [-0.05, 0) is 54.7 Å². The lowest BCUT2D eigenvalue weighted by Crippen LogP contribution is -2.37. The van der Waals surface area contributed by atoms with E-state index >= 15 is 0 Å². The second kappa shape index (κ2) is 7.06. The summed E-state index contributed by atoms with van der Waals surface area (Å²) < 4.78 is 0. The number of rotatable bonds is 3. The van der Waals surface area contributed by atoms with Crippen molar-refractivity contribution in [3.63, 3.8) is 0 Å². The lowest BCUT2D eigenvalue weighted by molar-refractivity contribution is -0.123. The molecule has 5 rings (SSSR count). The maximum Gasteiger partial charge on any atom is 0.255 e. The zero-order chi connectivity index (χ0) is 20.3. The maximum absolute atomic E-state index is 13.1. The zero-order valence-electron chi connectivity index (χ0n) is 15.3. The Morgan fingerprint density at radius 2 is 1.41 bits per heavy atom. The molecule has 2 aliphatic carbocycles. The van der Waals surface area contributed by atoms with Gasteiger partial charge in [-0.15, -0.1) is 0 Å². The van der Waals surface area contributed by atoms with Crippen molar-refractivity contribution in [2.24, 2.45) is 23.7 Å². The Kier molecular flexibility index (Phi) is 4.62. The number of hydrogen-bond donors (Lipinski definition) is 1. The van der Waals surface area contributed by atoms with Crippen molar-refractivity contribution in [2.45, 2.75) is 16.1 Å². The number of imide groups is 1. The van der Waals surface area contributed by atoms with E-state index in [1.165, 1.54) is 4.90 Å². The Morgan fingerprint density at radius 3 is 1.97 bits per heavy atom. The molecular formula is C22H18Br2N2O3. The number of nitrogens with zero attached hydrogens (tertiary/aromatic N) is 1. The van der Waals surface area contributed by atoms with Crippen LogP contribution in [-0.4, -0.2) is 27.4 Å². The Labute approximate surface area is 185 Å². The monoisotopic (exact) mass is 516 g/mol. The van der Waals surface area contributed by atoms with Crippen LogP contribution in [0.3, 0.4) is 0 Å². The third kappa shape index (κ3) is 2.89. The molecule has 1 N–H and O–H groups in total. The van der Waals surface area contributed by atoms with E-state index in [0.29, 0.717) is 16.9 Å². The summed E-state index contributed by atoms with van der Waals surface area (Å²) in [7, 11) is 0. The van der Waals surface area contributed by atoms with Gasteiger partial charge in [-0.2, -0.15) is 0 Å². The molecule has 1 heterocycles. The molecule has 5 nitrogen and oxygen atoms in total. The first-order valence-corrected chi connectivity index (χ1v) is 11.4. The van der Waals surface area contributed by atoms with Gasteiger partial charge in [0.25, 0.3) is 5.91 Å². The Morgan fingerprint density at radius 1 is 0.862 bits per heavy atom. The number of anilines is 2. The fraction of sp³-hybridized carbons (Fsp3) is 0.318. The van der Waals surface area contributed by atoms with Gasteiger partial charge in [0.15, 0.2) is 0 Å². The standard InChI is InChI=1S/C22H18Br2N2O3/c23-18-14-10-15(19(18)24)17-16(14)21(28)26(22(17)29)13-8-6-11(7-9-13)20(27)25-12-4-2-1-3-5-12/h1-9,14-19H,10H2,(H,25,27)/t14-,15-,16-,17-,18+,19+/m1/s1. The van der Waals surface area contributed by atoms with Gasteiger partial charge in [0, 0.05) is 20.9 Å². The molecule has 29 heavy (non-hydrogen) atoms. The van der Waals surface area contributed by atoms with Crippen molar-refractivity contribution in [1.82, 2.24) is 0 Å². The van der Waals surface area contributed by atoms with E-state index in [4.69, 9.17) is 0 Å². The van der Waals surface area contributed by atoms with Crippen molar-refractivity contribution in [1.29, 1.82) is 0 Å². The predicted octanol–water partition coefficient (Wildman–Crippen LogP) is 4.22. The van der Waals surface area contributed by atoms with Crippen LogP contribution in [-0.2, 0) is 9.59 Å². The van der Waals surface area contributed by atoms with Gasteiger partial charge in [0.05, 0.1) is 17.5 Å². The van der Waals surface area contributed by atoms with E-state index in [1.807, 2.05) is 30.3 Å². The van der Waals surface area contributed by atoms with E-state index in [0.717, 1.165) is 6.42 Å². The number of carbonyl (C=O) groups is 3. The van der Waals surface area contributed by atoms with E-state index in [-0.39, 0.29) is 51.0 Å². The summed E-state index contributed by atoms with van der Waals surface area (Å²) in [6.07, 6.45) is 0.908. The molecule has 2 aromatic carbocycles. The van der Waals surface area contributed by atoms with E-state index in [1.54, 1.807) is 24.3 Å². The van der Waals surface area contributed by atoms with E-state index < -0.39 is 0 Å². The Balaban J connectivity index is 1.36. The van der Waals surface area contributed by atoms with Crippen LogP contribution in [0.15, 0.2) is 54.6 Å². The van der Waals surface area contributed by atoms with Gasteiger partial charge in [-0.3, -0.25) is 19.3 Å². The van der Waals surface area contributed by atoms with Crippen LogP contribution in [0, 0.1) is 23.7 Å². The first kappa shape index (κ1) is 19.0.